The van der Waals surface area contributed by atoms with Gasteiger partial charge in [-0.2, -0.15) is 13.8 Å². The molecule has 118 valence electrons. The Morgan fingerprint density at radius 1 is 1.41 bits per heavy atom. The van der Waals surface area contributed by atoms with Gasteiger partial charge in [-0.3, -0.25) is 4.90 Å². The van der Waals surface area contributed by atoms with Gasteiger partial charge in [0.2, 0.25) is 0 Å². The van der Waals surface area contributed by atoms with Crippen molar-refractivity contribution in [1.82, 2.24) is 20.4 Å². The van der Waals surface area contributed by atoms with E-state index in [9.17, 15) is 8.78 Å². The SMILES string of the molecule is CN1CCNCC1c1noc(-c2ccccc2OC(F)F)n1. The highest BCUT2D eigenvalue weighted by Gasteiger charge is 2.26. The van der Waals surface area contributed by atoms with Gasteiger partial charge in [-0.25, -0.2) is 0 Å². The van der Waals surface area contributed by atoms with Crippen molar-refractivity contribution in [2.24, 2.45) is 0 Å². The van der Waals surface area contributed by atoms with E-state index in [-0.39, 0.29) is 17.7 Å². The number of halogens is 2. The molecule has 1 fully saturated rings. The summed E-state index contributed by atoms with van der Waals surface area (Å²) in [6.45, 7) is -0.412. The van der Waals surface area contributed by atoms with Gasteiger partial charge < -0.3 is 14.6 Å². The number of nitrogens with one attached hydrogen (secondary N) is 1. The monoisotopic (exact) mass is 310 g/mol. The molecule has 0 spiro atoms. The number of likely N-dealkylation sites (N-methyl/N-ethyl adjacent to an activating group) is 1. The summed E-state index contributed by atoms with van der Waals surface area (Å²) < 4.78 is 34.6. The maximum Gasteiger partial charge on any atom is 0.387 e. The molecule has 2 aromatic rings. The minimum atomic E-state index is -2.91. The Hall–Kier alpha value is -2.06. The average molecular weight is 310 g/mol. The number of aromatic nitrogens is 2. The third kappa shape index (κ3) is 3.07. The topological polar surface area (TPSA) is 63.4 Å². The molecule has 22 heavy (non-hydrogen) atoms. The summed E-state index contributed by atoms with van der Waals surface area (Å²) in [6.07, 6.45) is 0. The smallest absolute Gasteiger partial charge is 0.387 e. The summed E-state index contributed by atoms with van der Waals surface area (Å²) in [5, 5.41) is 7.24. The van der Waals surface area contributed by atoms with Crippen molar-refractivity contribution in [3.63, 3.8) is 0 Å². The van der Waals surface area contributed by atoms with Crippen LogP contribution in [0.2, 0.25) is 0 Å². The minimum Gasteiger partial charge on any atom is -0.434 e. The summed E-state index contributed by atoms with van der Waals surface area (Å²) >= 11 is 0. The van der Waals surface area contributed by atoms with E-state index in [4.69, 9.17) is 4.52 Å². The van der Waals surface area contributed by atoms with Crippen LogP contribution in [-0.2, 0) is 0 Å². The molecular formula is C14H16F2N4O2. The molecule has 0 radical (unpaired) electrons. The highest BCUT2D eigenvalue weighted by molar-refractivity contribution is 5.62. The molecule has 0 aliphatic carbocycles. The summed E-state index contributed by atoms with van der Waals surface area (Å²) in [6, 6.07) is 6.36. The van der Waals surface area contributed by atoms with Crippen LogP contribution in [0.3, 0.4) is 0 Å². The number of hydrogen-bond donors (Lipinski definition) is 1. The molecule has 1 aromatic carbocycles. The van der Waals surface area contributed by atoms with Gasteiger partial charge in [-0.05, 0) is 19.2 Å². The number of piperazine rings is 1. The molecule has 1 saturated heterocycles. The molecular weight excluding hydrogens is 294 g/mol. The molecule has 8 heteroatoms. The van der Waals surface area contributed by atoms with E-state index >= 15 is 0 Å². The van der Waals surface area contributed by atoms with Crippen molar-refractivity contribution >= 4 is 0 Å². The molecule has 0 bridgehead atoms. The second-order valence-corrected chi connectivity index (χ2v) is 5.03. The molecule has 0 saturated carbocycles. The number of ether oxygens (including phenoxy) is 1. The lowest BCUT2D eigenvalue weighted by Gasteiger charge is -2.30. The van der Waals surface area contributed by atoms with Crippen LogP contribution in [0.5, 0.6) is 5.75 Å². The van der Waals surface area contributed by atoms with Crippen molar-refractivity contribution in [3.05, 3.63) is 30.1 Å². The molecule has 1 unspecified atom stereocenters. The zero-order valence-electron chi connectivity index (χ0n) is 12.0. The Bertz CT molecular complexity index is 635. The van der Waals surface area contributed by atoms with Gasteiger partial charge in [0, 0.05) is 19.6 Å². The van der Waals surface area contributed by atoms with Crippen molar-refractivity contribution in [2.45, 2.75) is 12.7 Å². The maximum atomic E-state index is 12.5. The zero-order valence-corrected chi connectivity index (χ0v) is 12.0. The Kier molecular flexibility index (Phi) is 4.30. The van der Waals surface area contributed by atoms with Gasteiger partial charge in [0.05, 0.1) is 11.6 Å². The Morgan fingerprint density at radius 2 is 2.23 bits per heavy atom. The first-order valence-corrected chi connectivity index (χ1v) is 6.94. The number of hydrogen-bond acceptors (Lipinski definition) is 6. The van der Waals surface area contributed by atoms with Crippen LogP contribution in [0.4, 0.5) is 8.78 Å². The summed E-state index contributed by atoms with van der Waals surface area (Å²) in [4.78, 5) is 6.46. The fourth-order valence-corrected chi connectivity index (χ4v) is 2.42. The first-order valence-electron chi connectivity index (χ1n) is 6.94. The summed E-state index contributed by atoms with van der Waals surface area (Å²) in [5.74, 6) is 0.713. The lowest BCUT2D eigenvalue weighted by atomic mass is 10.2. The van der Waals surface area contributed by atoms with E-state index in [2.05, 4.69) is 25.1 Å². The van der Waals surface area contributed by atoms with Gasteiger partial charge in [-0.15, -0.1) is 0 Å². The first kappa shape index (κ1) is 14.9. The lowest BCUT2D eigenvalue weighted by Crippen LogP contribution is -2.44. The molecule has 1 N–H and O–H groups in total. The van der Waals surface area contributed by atoms with Gasteiger partial charge in [0.1, 0.15) is 5.75 Å². The van der Waals surface area contributed by atoms with Crippen LogP contribution in [0.15, 0.2) is 28.8 Å². The van der Waals surface area contributed by atoms with E-state index in [1.54, 1.807) is 18.2 Å². The fourth-order valence-electron chi connectivity index (χ4n) is 2.42. The van der Waals surface area contributed by atoms with Crippen molar-refractivity contribution < 1.29 is 18.0 Å². The minimum absolute atomic E-state index is 0.00516. The van der Waals surface area contributed by atoms with Crippen molar-refractivity contribution in [1.29, 1.82) is 0 Å². The normalized spacial score (nSPS) is 19.5. The Morgan fingerprint density at radius 3 is 3.00 bits per heavy atom. The number of rotatable bonds is 4. The third-order valence-electron chi connectivity index (χ3n) is 3.58. The largest absolute Gasteiger partial charge is 0.434 e. The van der Waals surface area contributed by atoms with E-state index in [1.165, 1.54) is 6.07 Å². The number of alkyl halides is 2. The predicted octanol–water partition coefficient (Wildman–Crippen LogP) is 1.91. The molecule has 1 aromatic heterocycles. The second-order valence-electron chi connectivity index (χ2n) is 5.03. The van der Waals surface area contributed by atoms with Crippen LogP contribution >= 0.6 is 0 Å². The highest BCUT2D eigenvalue weighted by atomic mass is 19.3. The van der Waals surface area contributed by atoms with Crippen LogP contribution < -0.4 is 10.1 Å². The van der Waals surface area contributed by atoms with Crippen LogP contribution in [-0.4, -0.2) is 48.3 Å². The van der Waals surface area contributed by atoms with Gasteiger partial charge in [0.25, 0.3) is 5.89 Å². The van der Waals surface area contributed by atoms with Crippen LogP contribution in [0.25, 0.3) is 11.5 Å². The van der Waals surface area contributed by atoms with Crippen LogP contribution in [0.1, 0.15) is 11.9 Å². The molecule has 1 atom stereocenters. The lowest BCUT2D eigenvalue weighted by molar-refractivity contribution is -0.0495. The molecule has 1 aliphatic heterocycles. The number of benzene rings is 1. The van der Waals surface area contributed by atoms with Crippen molar-refractivity contribution in [3.8, 4) is 17.2 Å². The van der Waals surface area contributed by atoms with Crippen LogP contribution in [0, 0.1) is 0 Å². The van der Waals surface area contributed by atoms with E-state index in [0.717, 1.165) is 13.1 Å². The van der Waals surface area contributed by atoms with Gasteiger partial charge in [0.15, 0.2) is 5.82 Å². The average Bonchev–Trinajstić information content (AvgIpc) is 2.97. The number of para-hydroxylation sites is 1. The number of nitrogens with zero attached hydrogens (tertiary/aromatic N) is 3. The Labute approximate surface area is 126 Å². The molecule has 3 rings (SSSR count). The molecule has 6 nitrogen and oxygen atoms in total. The van der Waals surface area contributed by atoms with Gasteiger partial charge in [-0.1, -0.05) is 17.3 Å². The molecule has 2 heterocycles. The maximum absolute atomic E-state index is 12.5. The standard InChI is InChI=1S/C14H16F2N4O2/c1-20-7-6-17-8-10(20)12-18-13(22-19-12)9-4-2-3-5-11(9)21-14(15)16/h2-5,10,14,17H,6-8H2,1H3. The first-order chi connectivity index (χ1) is 10.6. The van der Waals surface area contributed by atoms with Crippen molar-refractivity contribution in [2.75, 3.05) is 26.7 Å². The quantitative estimate of drug-likeness (QED) is 0.931. The second kappa shape index (κ2) is 6.37. The zero-order chi connectivity index (χ0) is 15.5. The molecule has 0 amide bonds. The summed E-state index contributed by atoms with van der Waals surface area (Å²) in [5.41, 5.74) is 0.355. The fraction of sp³-hybridized carbons (Fsp3) is 0.429. The summed E-state index contributed by atoms with van der Waals surface area (Å²) in [7, 11) is 1.98. The van der Waals surface area contributed by atoms with E-state index in [0.29, 0.717) is 17.9 Å². The predicted molar refractivity (Wildman–Crippen MR) is 74.6 cm³/mol. The highest BCUT2D eigenvalue weighted by Crippen LogP contribution is 2.31. The van der Waals surface area contributed by atoms with E-state index < -0.39 is 6.61 Å². The molecule has 1 aliphatic rings. The third-order valence-corrected chi connectivity index (χ3v) is 3.58. The van der Waals surface area contributed by atoms with Gasteiger partial charge >= 0.3 is 6.61 Å². The Balaban J connectivity index is 1.87. The van der Waals surface area contributed by atoms with E-state index in [1.807, 2.05) is 7.05 Å².